The van der Waals surface area contributed by atoms with E-state index >= 15 is 0 Å². The van der Waals surface area contributed by atoms with E-state index in [9.17, 15) is 9.59 Å². The van der Waals surface area contributed by atoms with Crippen LogP contribution in [0.5, 0.6) is 11.5 Å². The van der Waals surface area contributed by atoms with E-state index in [2.05, 4.69) is 41.9 Å². The molecule has 8 nitrogen and oxygen atoms in total. The SMILES string of the molecule is COc1cc(C=Nn2c(C)nc3ccc(Br)cc3c2=O)c(Br)cc1O[C@@H](C)C(=O)O. The lowest BCUT2D eigenvalue weighted by Crippen LogP contribution is -2.23. The van der Waals surface area contributed by atoms with E-state index in [1.807, 2.05) is 6.07 Å². The van der Waals surface area contributed by atoms with Gasteiger partial charge >= 0.3 is 5.97 Å². The maximum atomic E-state index is 12.8. The Hall–Kier alpha value is -2.72. The van der Waals surface area contributed by atoms with E-state index in [1.54, 1.807) is 31.2 Å². The van der Waals surface area contributed by atoms with E-state index in [4.69, 9.17) is 14.6 Å². The number of aromatic nitrogens is 2. The summed E-state index contributed by atoms with van der Waals surface area (Å²) >= 11 is 6.77. The maximum absolute atomic E-state index is 12.8. The number of rotatable bonds is 6. The Morgan fingerprint density at radius 2 is 2.00 bits per heavy atom. The topological polar surface area (TPSA) is 103 Å². The first-order chi connectivity index (χ1) is 14.2. The molecular formula is C20H17Br2N3O5. The van der Waals surface area contributed by atoms with E-state index in [0.717, 1.165) is 4.47 Å². The average Bonchev–Trinajstić information content (AvgIpc) is 2.69. The molecule has 1 heterocycles. The lowest BCUT2D eigenvalue weighted by atomic mass is 10.2. The van der Waals surface area contributed by atoms with Gasteiger partial charge in [0, 0.05) is 14.5 Å². The Balaban J connectivity index is 2.02. The quantitative estimate of drug-likeness (QED) is 0.476. The lowest BCUT2D eigenvalue weighted by molar-refractivity contribution is -0.144. The van der Waals surface area contributed by atoms with Crippen molar-refractivity contribution in [3.05, 3.63) is 61.0 Å². The number of fused-ring (bicyclic) bond motifs is 1. The number of halogens is 2. The third-order valence-electron chi connectivity index (χ3n) is 4.22. The number of ether oxygens (including phenoxy) is 2. The van der Waals surface area contributed by atoms with Crippen molar-refractivity contribution in [2.75, 3.05) is 7.11 Å². The molecule has 2 aromatic carbocycles. The van der Waals surface area contributed by atoms with E-state index in [1.165, 1.54) is 24.9 Å². The number of carbonyl (C=O) groups is 1. The van der Waals surface area contributed by atoms with Crippen LogP contribution in [0, 0.1) is 6.92 Å². The minimum atomic E-state index is -1.09. The van der Waals surface area contributed by atoms with Crippen molar-refractivity contribution in [1.82, 2.24) is 9.66 Å². The van der Waals surface area contributed by atoms with Crippen molar-refractivity contribution in [2.45, 2.75) is 20.0 Å². The third-order valence-corrected chi connectivity index (χ3v) is 5.40. The molecule has 156 valence electrons. The van der Waals surface area contributed by atoms with Crippen LogP contribution in [0.25, 0.3) is 10.9 Å². The smallest absolute Gasteiger partial charge is 0.344 e. The second kappa shape index (κ2) is 8.97. The first kappa shape index (κ1) is 22.0. The molecule has 0 unspecified atom stereocenters. The molecule has 1 atom stereocenters. The first-order valence-electron chi connectivity index (χ1n) is 8.71. The molecule has 3 rings (SSSR count). The average molecular weight is 539 g/mol. The number of carboxylic acids is 1. The van der Waals surface area contributed by atoms with Crippen molar-refractivity contribution in [3.8, 4) is 11.5 Å². The van der Waals surface area contributed by atoms with Crippen LogP contribution in [0.1, 0.15) is 18.3 Å². The van der Waals surface area contributed by atoms with Gasteiger partial charge in [-0.25, -0.2) is 9.78 Å². The summed E-state index contributed by atoms with van der Waals surface area (Å²) in [6.45, 7) is 3.12. The van der Waals surface area contributed by atoms with Crippen molar-refractivity contribution in [3.63, 3.8) is 0 Å². The fourth-order valence-electron chi connectivity index (χ4n) is 2.66. The fourth-order valence-corrected chi connectivity index (χ4v) is 3.44. The number of aliphatic carboxylic acids is 1. The van der Waals surface area contributed by atoms with Gasteiger partial charge in [-0.2, -0.15) is 9.78 Å². The van der Waals surface area contributed by atoms with Crippen molar-refractivity contribution >= 4 is 54.9 Å². The largest absolute Gasteiger partial charge is 0.493 e. The van der Waals surface area contributed by atoms with Crippen LogP contribution < -0.4 is 15.0 Å². The number of hydrogen-bond acceptors (Lipinski definition) is 6. The molecule has 1 aromatic heterocycles. The van der Waals surface area contributed by atoms with Crippen LogP contribution in [-0.4, -0.2) is 40.2 Å². The van der Waals surface area contributed by atoms with Gasteiger partial charge in [-0.1, -0.05) is 15.9 Å². The van der Waals surface area contributed by atoms with Gasteiger partial charge in [0.05, 0.1) is 24.2 Å². The van der Waals surface area contributed by atoms with Gasteiger partial charge in [0.15, 0.2) is 17.6 Å². The number of methoxy groups -OCH3 is 1. The molecule has 1 N–H and O–H groups in total. The van der Waals surface area contributed by atoms with E-state index in [0.29, 0.717) is 32.5 Å². The molecule has 0 radical (unpaired) electrons. The molecule has 0 aliphatic rings. The molecule has 0 aliphatic heterocycles. The summed E-state index contributed by atoms with van der Waals surface area (Å²) in [5.41, 5.74) is 0.889. The molecule has 0 fully saturated rings. The molecule has 3 aromatic rings. The highest BCUT2D eigenvalue weighted by Crippen LogP contribution is 2.33. The van der Waals surface area contributed by atoms with Gasteiger partial charge in [0.25, 0.3) is 5.56 Å². The minimum Gasteiger partial charge on any atom is -0.493 e. The second-order valence-corrected chi connectivity index (χ2v) is 8.07. The number of carboxylic acid groups (broad SMARTS) is 1. The Kier molecular flexibility index (Phi) is 6.57. The van der Waals surface area contributed by atoms with Crippen LogP contribution in [0.3, 0.4) is 0 Å². The lowest BCUT2D eigenvalue weighted by Gasteiger charge is -2.15. The molecular weight excluding hydrogens is 522 g/mol. The molecule has 0 spiro atoms. The molecule has 0 saturated carbocycles. The molecule has 30 heavy (non-hydrogen) atoms. The molecule has 0 aliphatic carbocycles. The van der Waals surface area contributed by atoms with Crippen LogP contribution in [0.2, 0.25) is 0 Å². The Morgan fingerprint density at radius 1 is 1.27 bits per heavy atom. The van der Waals surface area contributed by atoms with Gasteiger partial charge < -0.3 is 14.6 Å². The summed E-state index contributed by atoms with van der Waals surface area (Å²) in [5, 5.41) is 13.8. The fraction of sp³-hybridized carbons (Fsp3) is 0.200. The number of aryl methyl sites for hydroxylation is 1. The zero-order chi connectivity index (χ0) is 22.0. The first-order valence-corrected chi connectivity index (χ1v) is 10.3. The van der Waals surface area contributed by atoms with Crippen LogP contribution >= 0.6 is 31.9 Å². The zero-order valence-corrected chi connectivity index (χ0v) is 19.4. The highest BCUT2D eigenvalue weighted by atomic mass is 79.9. The standard InChI is InChI=1S/C20H17Br2N3O5/c1-10(20(27)28)30-18-8-15(22)12(6-17(18)29-3)9-23-25-11(2)24-16-5-4-13(21)7-14(16)19(25)26/h4-10H,1-3H3,(H,27,28)/t10-/m0/s1. The number of benzene rings is 2. The van der Waals surface area contributed by atoms with Gasteiger partial charge in [-0.05, 0) is 60.1 Å². The van der Waals surface area contributed by atoms with Crippen molar-refractivity contribution in [2.24, 2.45) is 5.10 Å². The number of hydrogen-bond donors (Lipinski definition) is 1. The zero-order valence-electron chi connectivity index (χ0n) is 16.2. The second-order valence-electron chi connectivity index (χ2n) is 6.30. The van der Waals surface area contributed by atoms with E-state index in [-0.39, 0.29) is 11.3 Å². The van der Waals surface area contributed by atoms with Crippen molar-refractivity contribution in [1.29, 1.82) is 0 Å². The highest BCUT2D eigenvalue weighted by molar-refractivity contribution is 9.10. The highest BCUT2D eigenvalue weighted by Gasteiger charge is 2.17. The molecule has 0 saturated heterocycles. The maximum Gasteiger partial charge on any atom is 0.344 e. The summed E-state index contributed by atoms with van der Waals surface area (Å²) in [7, 11) is 1.45. The minimum absolute atomic E-state index is 0.266. The summed E-state index contributed by atoms with van der Waals surface area (Å²) < 4.78 is 13.3. The monoisotopic (exact) mass is 537 g/mol. The summed E-state index contributed by atoms with van der Waals surface area (Å²) in [6, 6.07) is 8.50. The molecule has 0 bridgehead atoms. The predicted molar refractivity (Wildman–Crippen MR) is 120 cm³/mol. The normalized spacial score (nSPS) is 12.3. The van der Waals surface area contributed by atoms with Crippen LogP contribution in [0.4, 0.5) is 0 Å². The predicted octanol–water partition coefficient (Wildman–Crippen LogP) is 3.97. The summed E-state index contributed by atoms with van der Waals surface area (Å²) in [6.07, 6.45) is 0.436. The Morgan fingerprint density at radius 3 is 2.67 bits per heavy atom. The van der Waals surface area contributed by atoms with Crippen LogP contribution in [-0.2, 0) is 4.79 Å². The Labute approximate surface area is 188 Å². The number of nitrogens with zero attached hydrogens (tertiary/aromatic N) is 3. The summed E-state index contributed by atoms with van der Waals surface area (Å²) in [4.78, 5) is 28.3. The van der Waals surface area contributed by atoms with Crippen molar-refractivity contribution < 1.29 is 19.4 Å². The third kappa shape index (κ3) is 4.54. The van der Waals surface area contributed by atoms with Crippen LogP contribution in [0.15, 0.2) is 49.2 Å². The van der Waals surface area contributed by atoms with Gasteiger partial charge in [0.2, 0.25) is 0 Å². The molecule has 0 amide bonds. The summed E-state index contributed by atoms with van der Waals surface area (Å²) in [5.74, 6) is -0.0621. The Bertz CT molecular complexity index is 1220. The van der Waals surface area contributed by atoms with E-state index < -0.39 is 12.1 Å². The molecule has 10 heteroatoms. The van der Waals surface area contributed by atoms with Gasteiger partial charge in [-0.3, -0.25) is 4.79 Å². The van der Waals surface area contributed by atoms with Gasteiger partial charge in [0.1, 0.15) is 5.82 Å². The van der Waals surface area contributed by atoms with Gasteiger partial charge in [-0.15, -0.1) is 0 Å².